The standard InChI is InChI=1S/C12H18/c1-3-7-11(8-4-1)12-9-5-2-6-10-12/h1,5,11-12H,3-4,6-10H2. The van der Waals surface area contributed by atoms with E-state index in [1.165, 1.54) is 44.9 Å². The van der Waals surface area contributed by atoms with E-state index in [2.05, 4.69) is 18.6 Å². The Bertz CT molecular complexity index is 151. The van der Waals surface area contributed by atoms with Crippen molar-refractivity contribution >= 4 is 0 Å². The van der Waals surface area contributed by atoms with E-state index in [1.54, 1.807) is 0 Å². The van der Waals surface area contributed by atoms with E-state index >= 15 is 0 Å². The van der Waals surface area contributed by atoms with Gasteiger partial charge in [-0.2, -0.15) is 0 Å². The van der Waals surface area contributed by atoms with Crippen molar-refractivity contribution in [2.75, 3.05) is 0 Å². The summed E-state index contributed by atoms with van der Waals surface area (Å²) in [5, 5.41) is 0. The summed E-state index contributed by atoms with van der Waals surface area (Å²) < 4.78 is 0. The monoisotopic (exact) mass is 162 g/mol. The summed E-state index contributed by atoms with van der Waals surface area (Å²) in [6, 6.07) is 0. The largest absolute Gasteiger partial charge is 0.0808 e. The molecule has 0 heterocycles. The molecule has 1 saturated carbocycles. The third-order valence-electron chi connectivity index (χ3n) is 3.37. The summed E-state index contributed by atoms with van der Waals surface area (Å²) in [7, 11) is 0. The highest BCUT2D eigenvalue weighted by atomic mass is 14.3. The molecule has 1 fully saturated rings. The minimum Gasteiger partial charge on any atom is -0.0808 e. The van der Waals surface area contributed by atoms with Crippen LogP contribution >= 0.6 is 0 Å². The molecule has 0 amide bonds. The van der Waals surface area contributed by atoms with Crippen LogP contribution in [0.3, 0.4) is 0 Å². The third-order valence-corrected chi connectivity index (χ3v) is 3.37. The van der Waals surface area contributed by atoms with Gasteiger partial charge in [0, 0.05) is 0 Å². The highest BCUT2D eigenvalue weighted by molar-refractivity contribution is 4.89. The molecule has 12 heavy (non-hydrogen) atoms. The van der Waals surface area contributed by atoms with Crippen molar-refractivity contribution in [2.24, 2.45) is 11.8 Å². The lowest BCUT2D eigenvalue weighted by Gasteiger charge is -2.30. The van der Waals surface area contributed by atoms with E-state index < -0.39 is 0 Å². The van der Waals surface area contributed by atoms with Crippen molar-refractivity contribution in [1.82, 2.24) is 0 Å². The SMILES string of the molecule is [C]1=CCC(C2CC[CH]CC2)CC1. The van der Waals surface area contributed by atoms with Crippen LogP contribution in [0.5, 0.6) is 0 Å². The lowest BCUT2D eigenvalue weighted by Crippen LogP contribution is -2.18. The molecule has 0 aromatic rings. The fourth-order valence-electron chi connectivity index (χ4n) is 2.58. The van der Waals surface area contributed by atoms with Gasteiger partial charge in [-0.15, -0.1) is 0 Å². The number of rotatable bonds is 1. The average Bonchev–Trinajstić information content (AvgIpc) is 2.21. The van der Waals surface area contributed by atoms with Crippen LogP contribution in [-0.2, 0) is 0 Å². The molecular formula is C12H18. The second kappa shape index (κ2) is 4.11. The highest BCUT2D eigenvalue weighted by Gasteiger charge is 2.23. The van der Waals surface area contributed by atoms with Gasteiger partial charge in [0.25, 0.3) is 0 Å². The van der Waals surface area contributed by atoms with Gasteiger partial charge in [-0.3, -0.25) is 0 Å². The highest BCUT2D eigenvalue weighted by Crippen LogP contribution is 2.35. The normalized spacial score (nSPS) is 32.2. The lowest BCUT2D eigenvalue weighted by atomic mass is 9.75. The first kappa shape index (κ1) is 8.34. The smallest absolute Gasteiger partial charge is 0.0277 e. The molecule has 0 spiro atoms. The minimum absolute atomic E-state index is 1.000. The van der Waals surface area contributed by atoms with E-state index in [0.717, 1.165) is 11.8 Å². The number of hydrogen-bond acceptors (Lipinski definition) is 0. The summed E-state index contributed by atoms with van der Waals surface area (Å²) in [5.41, 5.74) is 0. The molecule has 1 unspecified atom stereocenters. The summed E-state index contributed by atoms with van der Waals surface area (Å²) in [5.74, 6) is 2.04. The fourth-order valence-corrected chi connectivity index (χ4v) is 2.58. The van der Waals surface area contributed by atoms with Crippen molar-refractivity contribution in [3.8, 4) is 0 Å². The summed E-state index contributed by atoms with van der Waals surface area (Å²) >= 11 is 0. The predicted molar refractivity (Wildman–Crippen MR) is 51.4 cm³/mol. The third kappa shape index (κ3) is 1.91. The molecular weight excluding hydrogens is 144 g/mol. The van der Waals surface area contributed by atoms with Crippen LogP contribution in [0.15, 0.2) is 6.08 Å². The first-order valence-electron chi connectivity index (χ1n) is 5.33. The maximum absolute atomic E-state index is 3.32. The Morgan fingerprint density at radius 1 is 1.00 bits per heavy atom. The van der Waals surface area contributed by atoms with Gasteiger partial charge in [0.05, 0.1) is 0 Å². The Kier molecular flexibility index (Phi) is 2.86. The zero-order valence-corrected chi connectivity index (χ0v) is 7.76. The van der Waals surface area contributed by atoms with E-state index in [0.29, 0.717) is 0 Å². The van der Waals surface area contributed by atoms with Crippen LogP contribution in [-0.4, -0.2) is 0 Å². The molecule has 0 nitrogen and oxygen atoms in total. The Balaban J connectivity index is 1.85. The van der Waals surface area contributed by atoms with Gasteiger partial charge in [-0.05, 0) is 69.3 Å². The first-order chi connectivity index (χ1) is 5.97. The first-order valence-corrected chi connectivity index (χ1v) is 5.33. The quantitative estimate of drug-likeness (QED) is 0.553. The van der Waals surface area contributed by atoms with Crippen LogP contribution in [0.25, 0.3) is 0 Å². The fraction of sp³-hybridized carbons (Fsp3) is 0.750. The Morgan fingerprint density at radius 3 is 2.50 bits per heavy atom. The second-order valence-corrected chi connectivity index (χ2v) is 4.15. The summed E-state index contributed by atoms with van der Waals surface area (Å²) in [4.78, 5) is 0. The topological polar surface area (TPSA) is 0 Å². The van der Waals surface area contributed by atoms with E-state index in [9.17, 15) is 0 Å². The molecule has 0 aromatic carbocycles. The van der Waals surface area contributed by atoms with Crippen LogP contribution in [0.2, 0.25) is 0 Å². The molecule has 0 N–H and O–H groups in total. The van der Waals surface area contributed by atoms with Gasteiger partial charge >= 0.3 is 0 Å². The van der Waals surface area contributed by atoms with Crippen LogP contribution in [0.4, 0.5) is 0 Å². The van der Waals surface area contributed by atoms with Gasteiger partial charge in [0.15, 0.2) is 0 Å². The molecule has 0 aliphatic heterocycles. The van der Waals surface area contributed by atoms with Crippen LogP contribution in [0.1, 0.15) is 44.9 Å². The minimum atomic E-state index is 1.000. The van der Waals surface area contributed by atoms with Crippen molar-refractivity contribution in [3.05, 3.63) is 18.6 Å². The van der Waals surface area contributed by atoms with E-state index in [4.69, 9.17) is 0 Å². The molecule has 1 atom stereocenters. The van der Waals surface area contributed by atoms with Crippen LogP contribution in [0, 0.1) is 24.3 Å². The van der Waals surface area contributed by atoms with Gasteiger partial charge in [-0.25, -0.2) is 0 Å². The van der Waals surface area contributed by atoms with E-state index in [-0.39, 0.29) is 0 Å². The molecule has 2 rings (SSSR count). The van der Waals surface area contributed by atoms with Crippen molar-refractivity contribution in [2.45, 2.75) is 44.9 Å². The Morgan fingerprint density at radius 2 is 1.83 bits per heavy atom. The summed E-state index contributed by atoms with van der Waals surface area (Å²) in [6.45, 7) is 0. The molecule has 2 aliphatic rings. The molecule has 2 radical (unpaired) electrons. The van der Waals surface area contributed by atoms with Gasteiger partial charge in [-0.1, -0.05) is 6.08 Å². The average molecular weight is 162 g/mol. The molecule has 0 heteroatoms. The van der Waals surface area contributed by atoms with Crippen molar-refractivity contribution in [1.29, 1.82) is 0 Å². The predicted octanol–water partition coefficient (Wildman–Crippen LogP) is 3.54. The zero-order valence-electron chi connectivity index (χ0n) is 7.76. The number of hydrogen-bond donors (Lipinski definition) is 0. The molecule has 0 bridgehead atoms. The number of allylic oxidation sites excluding steroid dienone is 2. The lowest BCUT2D eigenvalue weighted by molar-refractivity contribution is 0.253. The van der Waals surface area contributed by atoms with Gasteiger partial charge in [0.1, 0.15) is 0 Å². The maximum atomic E-state index is 3.32. The van der Waals surface area contributed by atoms with Crippen molar-refractivity contribution in [3.63, 3.8) is 0 Å². The Hall–Kier alpha value is -0.260. The molecule has 2 aliphatic carbocycles. The van der Waals surface area contributed by atoms with Gasteiger partial charge in [0.2, 0.25) is 0 Å². The molecule has 0 aromatic heterocycles. The Labute approximate surface area is 76.1 Å². The van der Waals surface area contributed by atoms with Crippen molar-refractivity contribution < 1.29 is 0 Å². The summed E-state index contributed by atoms with van der Waals surface area (Å²) in [6.07, 6.45) is 17.6. The van der Waals surface area contributed by atoms with Crippen LogP contribution < -0.4 is 0 Å². The molecule has 66 valence electrons. The second-order valence-electron chi connectivity index (χ2n) is 4.15. The zero-order chi connectivity index (χ0) is 8.23. The van der Waals surface area contributed by atoms with Gasteiger partial charge < -0.3 is 0 Å². The van der Waals surface area contributed by atoms with E-state index in [1.807, 2.05) is 0 Å². The molecule has 0 saturated heterocycles. The maximum Gasteiger partial charge on any atom is -0.0277 e.